The maximum Gasteiger partial charge on any atom is 0.234 e. The van der Waals surface area contributed by atoms with E-state index in [0.29, 0.717) is 15.6 Å². The van der Waals surface area contributed by atoms with Crippen LogP contribution in [0.15, 0.2) is 57.5 Å². The Bertz CT molecular complexity index is 606. The van der Waals surface area contributed by atoms with Crippen LogP contribution in [-0.4, -0.2) is 11.6 Å². The van der Waals surface area contributed by atoms with Crippen LogP contribution >= 0.6 is 31.9 Å². The second kappa shape index (κ2) is 5.59. The van der Waals surface area contributed by atoms with Crippen LogP contribution in [0.1, 0.15) is 20.7 Å². The highest BCUT2D eigenvalue weighted by Crippen LogP contribution is 2.23. The highest BCUT2D eigenvalue weighted by Gasteiger charge is 2.20. The zero-order valence-electron chi connectivity index (χ0n) is 9.19. The Labute approximate surface area is 121 Å². The van der Waals surface area contributed by atoms with Gasteiger partial charge in [-0.2, -0.15) is 0 Å². The molecule has 0 saturated carbocycles. The van der Waals surface area contributed by atoms with Crippen molar-refractivity contribution in [1.82, 2.24) is 0 Å². The van der Waals surface area contributed by atoms with Crippen molar-refractivity contribution in [1.29, 1.82) is 0 Å². The summed E-state index contributed by atoms with van der Waals surface area (Å²) in [4.78, 5) is 24.1. The molecule has 0 aliphatic heterocycles. The van der Waals surface area contributed by atoms with Gasteiger partial charge in [-0.15, -0.1) is 0 Å². The lowest BCUT2D eigenvalue weighted by atomic mass is 10.0. The topological polar surface area (TPSA) is 34.1 Å². The molecule has 0 N–H and O–H groups in total. The predicted octanol–water partition coefficient (Wildman–Crippen LogP) is 4.28. The molecule has 0 bridgehead atoms. The van der Waals surface area contributed by atoms with Gasteiger partial charge in [-0.1, -0.05) is 62.2 Å². The maximum atomic E-state index is 12.1. The van der Waals surface area contributed by atoms with Crippen molar-refractivity contribution in [2.24, 2.45) is 0 Å². The predicted molar refractivity (Wildman–Crippen MR) is 76.9 cm³/mol. The fourth-order valence-electron chi connectivity index (χ4n) is 1.51. The summed E-state index contributed by atoms with van der Waals surface area (Å²) in [6, 6.07) is 13.7. The molecular formula is C14H8Br2O2. The summed E-state index contributed by atoms with van der Waals surface area (Å²) in [6.45, 7) is 0. The summed E-state index contributed by atoms with van der Waals surface area (Å²) in [5.74, 6) is -1.02. The highest BCUT2D eigenvalue weighted by atomic mass is 79.9. The minimum Gasteiger partial charge on any atom is -0.285 e. The number of rotatable bonds is 3. The number of Topliss-reactive ketones (excluding diaryl/α,β-unsaturated/α-hetero) is 2. The molecule has 0 amide bonds. The number of ketones is 2. The third-order valence-electron chi connectivity index (χ3n) is 2.42. The molecule has 4 heteroatoms. The fourth-order valence-corrected chi connectivity index (χ4v) is 2.30. The SMILES string of the molecule is O=C(C(=O)c1cc(Br)ccc1Br)c1ccccc1. The van der Waals surface area contributed by atoms with Crippen LogP contribution in [0.25, 0.3) is 0 Å². The monoisotopic (exact) mass is 366 g/mol. The molecule has 0 radical (unpaired) electrons. The number of halogens is 2. The number of hydrogen-bond donors (Lipinski definition) is 0. The van der Waals surface area contributed by atoms with Gasteiger partial charge in [-0.05, 0) is 18.2 Å². The molecule has 0 saturated heterocycles. The van der Waals surface area contributed by atoms with Gasteiger partial charge in [0.2, 0.25) is 11.6 Å². The van der Waals surface area contributed by atoms with E-state index in [2.05, 4.69) is 31.9 Å². The van der Waals surface area contributed by atoms with E-state index in [1.54, 1.807) is 48.5 Å². The molecular weight excluding hydrogens is 360 g/mol. The van der Waals surface area contributed by atoms with E-state index in [0.717, 1.165) is 4.47 Å². The van der Waals surface area contributed by atoms with Crippen LogP contribution in [0.2, 0.25) is 0 Å². The van der Waals surface area contributed by atoms with Crippen molar-refractivity contribution >= 4 is 43.4 Å². The molecule has 0 unspecified atom stereocenters. The Morgan fingerprint density at radius 2 is 1.50 bits per heavy atom. The van der Waals surface area contributed by atoms with E-state index in [1.165, 1.54) is 0 Å². The van der Waals surface area contributed by atoms with Crippen molar-refractivity contribution in [3.8, 4) is 0 Å². The Kier molecular flexibility index (Phi) is 4.09. The highest BCUT2D eigenvalue weighted by molar-refractivity contribution is 9.11. The smallest absolute Gasteiger partial charge is 0.234 e. The van der Waals surface area contributed by atoms with Gasteiger partial charge in [0, 0.05) is 20.1 Å². The summed E-state index contributed by atoms with van der Waals surface area (Å²) in [6.07, 6.45) is 0. The lowest BCUT2D eigenvalue weighted by molar-refractivity contribution is 0.0816. The van der Waals surface area contributed by atoms with Gasteiger partial charge >= 0.3 is 0 Å². The normalized spacial score (nSPS) is 10.1. The van der Waals surface area contributed by atoms with Gasteiger partial charge < -0.3 is 0 Å². The Hall–Kier alpha value is -1.26. The second-order valence-corrected chi connectivity index (χ2v) is 5.42. The van der Waals surface area contributed by atoms with E-state index in [9.17, 15) is 9.59 Å². The summed E-state index contributed by atoms with van der Waals surface area (Å²) in [5, 5.41) is 0. The lowest BCUT2D eigenvalue weighted by Crippen LogP contribution is -2.14. The fraction of sp³-hybridized carbons (Fsp3) is 0. The Morgan fingerprint density at radius 3 is 2.17 bits per heavy atom. The summed E-state index contributed by atoms with van der Waals surface area (Å²) < 4.78 is 1.37. The number of carbonyl (C=O) groups is 2. The third-order valence-corrected chi connectivity index (χ3v) is 3.60. The zero-order chi connectivity index (χ0) is 13.1. The van der Waals surface area contributed by atoms with Crippen LogP contribution in [0.4, 0.5) is 0 Å². The molecule has 0 heterocycles. The lowest BCUT2D eigenvalue weighted by Gasteiger charge is -2.04. The number of benzene rings is 2. The average Bonchev–Trinajstić information content (AvgIpc) is 2.41. The van der Waals surface area contributed by atoms with Gasteiger partial charge in [-0.3, -0.25) is 9.59 Å². The van der Waals surface area contributed by atoms with Crippen molar-refractivity contribution in [2.45, 2.75) is 0 Å². The van der Waals surface area contributed by atoms with Crippen molar-refractivity contribution < 1.29 is 9.59 Å². The first-order valence-corrected chi connectivity index (χ1v) is 6.77. The van der Waals surface area contributed by atoms with Crippen LogP contribution in [0.5, 0.6) is 0 Å². The van der Waals surface area contributed by atoms with Gasteiger partial charge in [0.1, 0.15) is 0 Å². The van der Waals surface area contributed by atoms with E-state index < -0.39 is 11.6 Å². The standard InChI is InChI=1S/C14H8Br2O2/c15-10-6-7-12(16)11(8-10)14(18)13(17)9-4-2-1-3-5-9/h1-8H. The number of hydrogen-bond acceptors (Lipinski definition) is 2. The van der Waals surface area contributed by atoms with Crippen molar-refractivity contribution in [2.75, 3.05) is 0 Å². The zero-order valence-corrected chi connectivity index (χ0v) is 12.4. The Balaban J connectivity index is 2.38. The Morgan fingerprint density at radius 1 is 0.833 bits per heavy atom. The molecule has 2 nitrogen and oxygen atoms in total. The average molecular weight is 368 g/mol. The minimum absolute atomic E-state index is 0.359. The van der Waals surface area contributed by atoms with Gasteiger partial charge in [0.25, 0.3) is 0 Å². The molecule has 0 spiro atoms. The van der Waals surface area contributed by atoms with Gasteiger partial charge in [0.15, 0.2) is 0 Å². The molecule has 0 aliphatic carbocycles. The molecule has 2 rings (SSSR count). The van der Waals surface area contributed by atoms with Crippen LogP contribution in [0, 0.1) is 0 Å². The first-order valence-electron chi connectivity index (χ1n) is 5.18. The summed E-state index contributed by atoms with van der Waals surface area (Å²) in [5.41, 5.74) is 0.757. The van der Waals surface area contributed by atoms with E-state index in [1.807, 2.05) is 0 Å². The molecule has 18 heavy (non-hydrogen) atoms. The van der Waals surface area contributed by atoms with Crippen LogP contribution < -0.4 is 0 Å². The van der Waals surface area contributed by atoms with E-state index >= 15 is 0 Å². The molecule has 2 aromatic rings. The van der Waals surface area contributed by atoms with Gasteiger partial charge in [0.05, 0.1) is 0 Å². The first-order chi connectivity index (χ1) is 8.59. The van der Waals surface area contributed by atoms with Crippen molar-refractivity contribution in [3.63, 3.8) is 0 Å². The quantitative estimate of drug-likeness (QED) is 0.599. The molecule has 90 valence electrons. The van der Waals surface area contributed by atoms with Crippen LogP contribution in [0.3, 0.4) is 0 Å². The van der Waals surface area contributed by atoms with Gasteiger partial charge in [-0.25, -0.2) is 0 Å². The number of carbonyl (C=O) groups excluding carboxylic acids is 2. The molecule has 2 aromatic carbocycles. The summed E-state index contributed by atoms with van der Waals surface area (Å²) in [7, 11) is 0. The molecule has 0 aromatic heterocycles. The van der Waals surface area contributed by atoms with E-state index in [-0.39, 0.29) is 0 Å². The second-order valence-electron chi connectivity index (χ2n) is 3.65. The third kappa shape index (κ3) is 2.76. The first kappa shape index (κ1) is 13.2. The van der Waals surface area contributed by atoms with E-state index in [4.69, 9.17) is 0 Å². The maximum absolute atomic E-state index is 12.1. The largest absolute Gasteiger partial charge is 0.285 e. The minimum atomic E-state index is -0.519. The van der Waals surface area contributed by atoms with Crippen molar-refractivity contribution in [3.05, 3.63) is 68.6 Å². The molecule has 0 aliphatic rings. The molecule has 0 fully saturated rings. The summed E-state index contributed by atoms with van der Waals surface area (Å²) >= 11 is 6.56. The van der Waals surface area contributed by atoms with Crippen LogP contribution in [-0.2, 0) is 0 Å². The molecule has 0 atom stereocenters.